The van der Waals surface area contributed by atoms with Crippen molar-refractivity contribution in [2.75, 3.05) is 11.5 Å². The maximum Gasteiger partial charge on any atom is 0.274 e. The van der Waals surface area contributed by atoms with Gasteiger partial charge in [0, 0.05) is 17.6 Å². The van der Waals surface area contributed by atoms with Gasteiger partial charge < -0.3 is 5.32 Å². The minimum absolute atomic E-state index is 0.0269. The molecule has 1 atom stereocenters. The van der Waals surface area contributed by atoms with Crippen molar-refractivity contribution in [3.8, 4) is 5.69 Å². The summed E-state index contributed by atoms with van der Waals surface area (Å²) in [5.74, 6) is -0.331. The average molecular weight is 371 g/mol. The highest BCUT2D eigenvalue weighted by atomic mass is 32.2. The Hall–Kier alpha value is -2.81. The standard InChI is InChI=1S/C17H17N5O3S/c1-11-16(17(23)19-12-7-9-26(24,25)10-12)20-21-22(11)15-6-2-5-14-13(15)4-3-8-18-14/h2-6,8,12H,7,9-10H2,1H3,(H,19,23)/t12-/m0/s1. The highest BCUT2D eigenvalue weighted by molar-refractivity contribution is 7.91. The summed E-state index contributed by atoms with van der Waals surface area (Å²) in [7, 11) is -3.06. The lowest BCUT2D eigenvalue weighted by Crippen LogP contribution is -2.36. The summed E-state index contributed by atoms with van der Waals surface area (Å²) in [6.07, 6.45) is 2.14. The number of pyridine rings is 1. The van der Waals surface area contributed by atoms with E-state index in [0.717, 1.165) is 16.6 Å². The van der Waals surface area contributed by atoms with Gasteiger partial charge in [0.15, 0.2) is 15.5 Å². The van der Waals surface area contributed by atoms with Crippen molar-refractivity contribution in [1.82, 2.24) is 25.3 Å². The molecular formula is C17H17N5O3S. The number of hydrogen-bond donors (Lipinski definition) is 1. The Labute approximate surface area is 150 Å². The molecule has 8 nitrogen and oxygen atoms in total. The number of nitrogens with zero attached hydrogens (tertiary/aromatic N) is 4. The van der Waals surface area contributed by atoms with E-state index in [4.69, 9.17) is 0 Å². The van der Waals surface area contributed by atoms with E-state index in [9.17, 15) is 13.2 Å². The molecule has 0 spiro atoms. The maximum atomic E-state index is 12.5. The fourth-order valence-corrected chi connectivity index (χ4v) is 4.88. The van der Waals surface area contributed by atoms with E-state index >= 15 is 0 Å². The number of hydrogen-bond acceptors (Lipinski definition) is 6. The second-order valence-electron chi connectivity index (χ2n) is 6.36. The maximum absolute atomic E-state index is 12.5. The number of carbonyl (C=O) groups is 1. The number of fused-ring (bicyclic) bond motifs is 1. The first-order valence-electron chi connectivity index (χ1n) is 8.22. The van der Waals surface area contributed by atoms with E-state index in [1.54, 1.807) is 17.8 Å². The molecule has 1 saturated heterocycles. The third-order valence-corrected chi connectivity index (χ3v) is 6.30. The fourth-order valence-electron chi connectivity index (χ4n) is 3.20. The molecule has 1 N–H and O–H groups in total. The summed E-state index contributed by atoms with van der Waals surface area (Å²) in [5.41, 5.74) is 2.38. The van der Waals surface area contributed by atoms with Crippen LogP contribution in [0.2, 0.25) is 0 Å². The number of rotatable bonds is 3. The molecule has 4 rings (SSSR count). The van der Waals surface area contributed by atoms with Crippen LogP contribution in [0.15, 0.2) is 36.5 Å². The van der Waals surface area contributed by atoms with Crippen molar-refractivity contribution < 1.29 is 13.2 Å². The lowest BCUT2D eigenvalue weighted by atomic mass is 10.1. The number of nitrogens with one attached hydrogen (secondary N) is 1. The second-order valence-corrected chi connectivity index (χ2v) is 8.58. The van der Waals surface area contributed by atoms with Crippen LogP contribution in [0.4, 0.5) is 0 Å². The van der Waals surface area contributed by atoms with Crippen molar-refractivity contribution in [3.05, 3.63) is 47.9 Å². The van der Waals surface area contributed by atoms with Crippen molar-refractivity contribution in [1.29, 1.82) is 0 Å². The Morgan fingerprint density at radius 2 is 2.12 bits per heavy atom. The van der Waals surface area contributed by atoms with E-state index < -0.39 is 15.7 Å². The molecule has 1 aliphatic heterocycles. The topological polar surface area (TPSA) is 107 Å². The molecule has 1 amide bonds. The summed E-state index contributed by atoms with van der Waals surface area (Å²) in [6.45, 7) is 1.76. The summed E-state index contributed by atoms with van der Waals surface area (Å²) >= 11 is 0. The van der Waals surface area contributed by atoms with Crippen LogP contribution in [0.5, 0.6) is 0 Å². The zero-order valence-electron chi connectivity index (χ0n) is 14.1. The molecule has 2 aromatic heterocycles. The van der Waals surface area contributed by atoms with Crippen molar-refractivity contribution in [3.63, 3.8) is 0 Å². The molecule has 1 fully saturated rings. The molecule has 0 radical (unpaired) electrons. The molecule has 0 aliphatic carbocycles. The lowest BCUT2D eigenvalue weighted by molar-refractivity contribution is 0.0935. The molecule has 0 bridgehead atoms. The number of carbonyl (C=O) groups excluding carboxylic acids is 1. The highest BCUT2D eigenvalue weighted by Gasteiger charge is 2.30. The first-order valence-corrected chi connectivity index (χ1v) is 10.0. The van der Waals surface area contributed by atoms with Crippen LogP contribution in [0.1, 0.15) is 22.6 Å². The number of sulfone groups is 1. The molecule has 26 heavy (non-hydrogen) atoms. The normalized spacial score (nSPS) is 18.9. The number of amides is 1. The van der Waals surface area contributed by atoms with Gasteiger partial charge in [0.25, 0.3) is 5.91 Å². The highest BCUT2D eigenvalue weighted by Crippen LogP contribution is 2.22. The Bertz CT molecular complexity index is 1100. The summed E-state index contributed by atoms with van der Waals surface area (Å²) in [6, 6.07) is 9.05. The largest absolute Gasteiger partial charge is 0.347 e. The van der Waals surface area contributed by atoms with Gasteiger partial charge in [-0.05, 0) is 37.6 Å². The molecule has 1 aromatic carbocycles. The van der Waals surface area contributed by atoms with Crippen molar-refractivity contribution in [2.24, 2.45) is 0 Å². The summed E-state index contributed by atoms with van der Waals surface area (Å²) < 4.78 is 24.7. The molecule has 9 heteroatoms. The SMILES string of the molecule is Cc1c(C(=O)N[C@H]2CCS(=O)(=O)C2)nnn1-c1cccc2ncccc12. The fraction of sp³-hybridized carbons (Fsp3) is 0.294. The summed E-state index contributed by atoms with van der Waals surface area (Å²) in [4.78, 5) is 16.8. The van der Waals surface area contributed by atoms with Gasteiger partial charge in [-0.25, -0.2) is 13.1 Å². The Morgan fingerprint density at radius 1 is 1.27 bits per heavy atom. The van der Waals surface area contributed by atoms with Crippen molar-refractivity contribution >= 4 is 26.6 Å². The predicted molar refractivity (Wildman–Crippen MR) is 95.9 cm³/mol. The van der Waals surface area contributed by atoms with E-state index in [1.807, 2.05) is 30.3 Å². The van der Waals surface area contributed by atoms with E-state index in [0.29, 0.717) is 12.1 Å². The predicted octanol–water partition coefficient (Wildman–Crippen LogP) is 1.04. The number of aromatic nitrogens is 4. The first kappa shape index (κ1) is 16.6. The third kappa shape index (κ3) is 2.94. The van der Waals surface area contributed by atoms with Gasteiger partial charge in [-0.2, -0.15) is 0 Å². The first-order chi connectivity index (χ1) is 12.4. The average Bonchev–Trinajstić information content (AvgIpc) is 3.16. The monoisotopic (exact) mass is 371 g/mol. The molecule has 134 valence electrons. The number of benzene rings is 1. The van der Waals surface area contributed by atoms with Crippen LogP contribution in [-0.2, 0) is 9.84 Å². The molecular weight excluding hydrogens is 354 g/mol. The minimum Gasteiger partial charge on any atom is -0.347 e. The van der Waals surface area contributed by atoms with Crippen LogP contribution in [0.25, 0.3) is 16.6 Å². The van der Waals surface area contributed by atoms with Crippen LogP contribution in [0.3, 0.4) is 0 Å². The quantitative estimate of drug-likeness (QED) is 0.737. The van der Waals surface area contributed by atoms with Gasteiger partial charge >= 0.3 is 0 Å². The zero-order valence-corrected chi connectivity index (χ0v) is 14.9. The zero-order chi connectivity index (χ0) is 18.3. The van der Waals surface area contributed by atoms with Crippen LogP contribution >= 0.6 is 0 Å². The van der Waals surface area contributed by atoms with Crippen molar-refractivity contribution in [2.45, 2.75) is 19.4 Å². The molecule has 3 heterocycles. The Balaban J connectivity index is 1.65. The Morgan fingerprint density at radius 3 is 2.88 bits per heavy atom. The smallest absolute Gasteiger partial charge is 0.274 e. The lowest BCUT2D eigenvalue weighted by Gasteiger charge is -2.10. The Kier molecular flexibility index (Phi) is 3.95. The van der Waals surface area contributed by atoms with Gasteiger partial charge in [-0.1, -0.05) is 11.3 Å². The van der Waals surface area contributed by atoms with Gasteiger partial charge in [0.05, 0.1) is 28.4 Å². The van der Waals surface area contributed by atoms with Crippen LogP contribution in [0, 0.1) is 6.92 Å². The molecule has 0 saturated carbocycles. The second kappa shape index (κ2) is 6.17. The third-order valence-electron chi connectivity index (χ3n) is 4.53. The molecule has 1 aliphatic rings. The van der Waals surface area contributed by atoms with Crippen LogP contribution in [-0.4, -0.2) is 51.9 Å². The minimum atomic E-state index is -3.06. The summed E-state index contributed by atoms with van der Waals surface area (Å²) in [5, 5.41) is 11.8. The van der Waals surface area contributed by atoms with Gasteiger partial charge in [0.2, 0.25) is 0 Å². The van der Waals surface area contributed by atoms with Crippen LogP contribution < -0.4 is 5.32 Å². The van der Waals surface area contributed by atoms with Gasteiger partial charge in [-0.15, -0.1) is 5.10 Å². The van der Waals surface area contributed by atoms with Gasteiger partial charge in [-0.3, -0.25) is 9.78 Å². The molecule has 3 aromatic rings. The van der Waals surface area contributed by atoms with E-state index in [2.05, 4.69) is 20.6 Å². The van der Waals surface area contributed by atoms with E-state index in [-0.39, 0.29) is 23.2 Å². The van der Waals surface area contributed by atoms with E-state index in [1.165, 1.54) is 0 Å². The van der Waals surface area contributed by atoms with Gasteiger partial charge in [0.1, 0.15) is 0 Å². The molecule has 0 unspecified atom stereocenters.